The van der Waals surface area contributed by atoms with Gasteiger partial charge in [-0.3, -0.25) is 0 Å². The number of halogens is 12. The molecule has 16 heteroatoms. The molecule has 0 aromatic heterocycles. The first kappa shape index (κ1) is 28.3. The highest BCUT2D eigenvalue weighted by molar-refractivity contribution is 5.35. The number of alkyl halides is 12. The molecule has 1 aromatic rings. The Morgan fingerprint density at radius 1 is 0.500 bits per heavy atom. The molecule has 2 N–H and O–H groups in total. The van der Waals surface area contributed by atoms with E-state index in [0.29, 0.717) is 0 Å². The maximum atomic E-state index is 13.4. The molecule has 0 aliphatic carbocycles. The summed E-state index contributed by atoms with van der Waals surface area (Å²) in [4.78, 5) is 0. The zero-order valence-electron chi connectivity index (χ0n) is 15.4. The monoisotopic (exact) mass is 498 g/mol. The second-order valence-corrected chi connectivity index (χ2v) is 6.07. The molecule has 0 aliphatic heterocycles. The van der Waals surface area contributed by atoms with Crippen LogP contribution in [-0.2, 0) is 20.7 Å². The summed E-state index contributed by atoms with van der Waals surface area (Å²) in [5.41, 5.74) is -14.1. The lowest BCUT2D eigenvalue weighted by Gasteiger charge is -2.39. The molecule has 0 saturated heterocycles. The molecule has 0 aliphatic rings. The molecular weight excluding hydrogens is 484 g/mol. The number of aliphatic hydroxyl groups is 2. The molecule has 0 unspecified atom stereocenters. The highest BCUT2D eigenvalue weighted by Crippen LogP contribution is 2.55. The number of ether oxygens (including phenoxy) is 2. The lowest BCUT2D eigenvalue weighted by Crippen LogP contribution is -2.57. The van der Waals surface area contributed by atoms with Gasteiger partial charge in [0.2, 0.25) is 0 Å². The summed E-state index contributed by atoms with van der Waals surface area (Å²) >= 11 is 0. The van der Waals surface area contributed by atoms with Crippen LogP contribution in [0.3, 0.4) is 0 Å². The third-order valence-electron chi connectivity index (χ3n) is 4.11. The van der Waals surface area contributed by atoms with Crippen LogP contribution in [0.15, 0.2) is 24.3 Å². The molecule has 0 heterocycles. The topological polar surface area (TPSA) is 58.9 Å². The zero-order valence-corrected chi connectivity index (χ0v) is 15.4. The molecule has 186 valence electrons. The molecule has 0 radical (unpaired) electrons. The Bertz CT molecular complexity index is 643. The van der Waals surface area contributed by atoms with Crippen molar-refractivity contribution < 1.29 is 72.4 Å². The minimum absolute atomic E-state index is 0.276. The number of rotatable bonds is 8. The van der Waals surface area contributed by atoms with Crippen molar-refractivity contribution in [3.05, 3.63) is 35.4 Å². The molecule has 0 amide bonds. The van der Waals surface area contributed by atoms with Gasteiger partial charge in [0.1, 0.15) is 0 Å². The van der Waals surface area contributed by atoms with Gasteiger partial charge in [-0.25, -0.2) is 0 Å². The average molecular weight is 498 g/mol. The molecule has 0 saturated carbocycles. The summed E-state index contributed by atoms with van der Waals surface area (Å²) in [6.45, 7) is -5.66. The Labute approximate surface area is 171 Å². The summed E-state index contributed by atoms with van der Waals surface area (Å²) in [6, 6.07) is -1.10. The normalized spacial score (nSPS) is 14.7. The van der Waals surface area contributed by atoms with Crippen LogP contribution in [0, 0.1) is 0 Å². The van der Waals surface area contributed by atoms with Crippen molar-refractivity contribution in [1.29, 1.82) is 0 Å². The van der Waals surface area contributed by atoms with E-state index >= 15 is 0 Å². The minimum atomic E-state index is -6.28. The molecule has 0 spiro atoms. The number of benzene rings is 1. The van der Waals surface area contributed by atoms with E-state index in [4.69, 9.17) is 10.2 Å². The first-order chi connectivity index (χ1) is 14.3. The number of hydrogen-bond donors (Lipinski definition) is 2. The van der Waals surface area contributed by atoms with Gasteiger partial charge >= 0.3 is 24.7 Å². The molecule has 1 aromatic carbocycles. The van der Waals surface area contributed by atoms with Crippen molar-refractivity contribution in [3.8, 4) is 0 Å². The maximum Gasteiger partial charge on any atom is 0.430 e. The van der Waals surface area contributed by atoms with E-state index < -0.39 is 73.5 Å². The van der Waals surface area contributed by atoms with Crippen molar-refractivity contribution in [1.82, 2.24) is 0 Å². The molecule has 0 bridgehead atoms. The predicted octanol–water partition coefficient (Wildman–Crippen LogP) is 4.34. The number of aliphatic hydroxyl groups excluding tert-OH is 2. The second-order valence-electron chi connectivity index (χ2n) is 6.07. The lowest BCUT2D eigenvalue weighted by atomic mass is 9.86. The average Bonchev–Trinajstić information content (AvgIpc) is 2.59. The third-order valence-corrected chi connectivity index (χ3v) is 4.11. The van der Waals surface area contributed by atoms with Crippen LogP contribution in [0.25, 0.3) is 0 Å². The Morgan fingerprint density at radius 2 is 0.719 bits per heavy atom. The summed E-state index contributed by atoms with van der Waals surface area (Å²) in [5.74, 6) is 0. The maximum absolute atomic E-state index is 13.4. The summed E-state index contributed by atoms with van der Waals surface area (Å²) in [7, 11) is 0. The van der Waals surface area contributed by atoms with E-state index in [1.807, 2.05) is 0 Å². The Morgan fingerprint density at radius 3 is 0.875 bits per heavy atom. The van der Waals surface area contributed by atoms with E-state index in [-0.39, 0.29) is 24.3 Å². The summed E-state index contributed by atoms with van der Waals surface area (Å²) in [5, 5.41) is 17.1. The zero-order chi connectivity index (χ0) is 25.2. The van der Waals surface area contributed by atoms with Gasteiger partial charge in [-0.15, -0.1) is 0 Å². The fourth-order valence-corrected chi connectivity index (χ4v) is 2.81. The van der Waals surface area contributed by atoms with E-state index in [2.05, 4.69) is 9.47 Å². The molecule has 1 rings (SSSR count). The summed E-state index contributed by atoms with van der Waals surface area (Å²) in [6.07, 6.45) is -25.1. The van der Waals surface area contributed by atoms with E-state index in [1.54, 1.807) is 0 Å². The van der Waals surface area contributed by atoms with Crippen LogP contribution in [-0.4, -0.2) is 61.3 Å². The minimum Gasteiger partial charge on any atom is -0.394 e. The van der Waals surface area contributed by atoms with E-state index in [9.17, 15) is 52.7 Å². The fraction of sp³-hybridized carbons (Fsp3) is 0.625. The van der Waals surface area contributed by atoms with Gasteiger partial charge in [-0.2, -0.15) is 52.7 Å². The van der Waals surface area contributed by atoms with Crippen molar-refractivity contribution in [3.63, 3.8) is 0 Å². The molecular formula is C16H14F12O4. The van der Waals surface area contributed by atoms with Crippen LogP contribution in [0.2, 0.25) is 0 Å². The standard InChI is InChI=1S/C16H14F12O4/c17-13(18,19)11(14(20,21)22,31-7-5-29)9-1-2-10(4-3-9)12(15(23,24)25,16(26,27)28)32-8-6-30/h1-4,29-30H,5-8H2. The van der Waals surface area contributed by atoms with Crippen molar-refractivity contribution in [2.75, 3.05) is 26.4 Å². The quantitative estimate of drug-likeness (QED) is 0.524. The van der Waals surface area contributed by atoms with Gasteiger partial charge in [-0.1, -0.05) is 24.3 Å². The number of hydrogen-bond acceptors (Lipinski definition) is 4. The highest BCUT2D eigenvalue weighted by Gasteiger charge is 2.75. The Balaban J connectivity index is 3.81. The van der Waals surface area contributed by atoms with Crippen LogP contribution in [0.5, 0.6) is 0 Å². The highest BCUT2D eigenvalue weighted by atomic mass is 19.4. The predicted molar refractivity (Wildman–Crippen MR) is 80.1 cm³/mol. The van der Waals surface area contributed by atoms with E-state index in [1.165, 1.54) is 0 Å². The Hall–Kier alpha value is -1.78. The summed E-state index contributed by atoms with van der Waals surface area (Å²) < 4.78 is 169. The van der Waals surface area contributed by atoms with Gasteiger partial charge in [0.15, 0.2) is 0 Å². The fourth-order valence-electron chi connectivity index (χ4n) is 2.81. The SMILES string of the molecule is OCCOC(c1ccc(C(OCCO)(C(F)(F)F)C(F)(F)F)cc1)(C(F)(F)F)C(F)(F)F. The molecule has 32 heavy (non-hydrogen) atoms. The first-order valence-corrected chi connectivity index (χ1v) is 8.21. The van der Waals surface area contributed by atoms with Crippen LogP contribution < -0.4 is 0 Å². The molecule has 4 nitrogen and oxygen atoms in total. The van der Waals surface area contributed by atoms with Gasteiger partial charge in [0, 0.05) is 11.1 Å². The van der Waals surface area contributed by atoms with Crippen LogP contribution >= 0.6 is 0 Å². The van der Waals surface area contributed by atoms with E-state index in [0.717, 1.165) is 0 Å². The van der Waals surface area contributed by atoms with Gasteiger partial charge in [-0.05, 0) is 0 Å². The third kappa shape index (κ3) is 4.77. The van der Waals surface area contributed by atoms with Crippen molar-refractivity contribution in [2.45, 2.75) is 35.9 Å². The molecule has 0 atom stereocenters. The van der Waals surface area contributed by atoms with Crippen LogP contribution in [0.1, 0.15) is 11.1 Å². The van der Waals surface area contributed by atoms with Gasteiger partial charge < -0.3 is 19.7 Å². The van der Waals surface area contributed by atoms with Crippen LogP contribution in [0.4, 0.5) is 52.7 Å². The smallest absolute Gasteiger partial charge is 0.394 e. The van der Waals surface area contributed by atoms with Gasteiger partial charge in [0.25, 0.3) is 11.2 Å². The molecule has 0 fully saturated rings. The van der Waals surface area contributed by atoms with Gasteiger partial charge in [0.05, 0.1) is 26.4 Å². The van der Waals surface area contributed by atoms with Crippen molar-refractivity contribution in [2.24, 2.45) is 0 Å². The largest absolute Gasteiger partial charge is 0.430 e. The first-order valence-electron chi connectivity index (χ1n) is 8.21. The Kier molecular flexibility index (Phi) is 8.15. The lowest BCUT2D eigenvalue weighted by molar-refractivity contribution is -0.392. The van der Waals surface area contributed by atoms with Crippen molar-refractivity contribution >= 4 is 0 Å². The second kappa shape index (κ2) is 9.23.